The summed E-state index contributed by atoms with van der Waals surface area (Å²) >= 11 is 0. The van der Waals surface area contributed by atoms with Gasteiger partial charge < -0.3 is 10.2 Å². The molecule has 0 saturated carbocycles. The average Bonchev–Trinajstić information content (AvgIpc) is 2.45. The van der Waals surface area contributed by atoms with E-state index in [-0.39, 0.29) is 12.8 Å². The fourth-order valence-corrected chi connectivity index (χ4v) is 2.02. The molecule has 0 heterocycles. The molecule has 0 aromatic heterocycles. The lowest BCUT2D eigenvalue weighted by atomic mass is 9.99. The summed E-state index contributed by atoms with van der Waals surface area (Å²) in [5, 5.41) is 18.4. The van der Waals surface area contributed by atoms with Crippen LogP contribution in [0.3, 0.4) is 0 Å². The van der Waals surface area contributed by atoms with Crippen molar-refractivity contribution in [1.82, 2.24) is 0 Å². The molecule has 0 aliphatic carbocycles. The summed E-state index contributed by atoms with van der Waals surface area (Å²) in [6, 6.07) is 13.6. The van der Waals surface area contributed by atoms with Crippen LogP contribution in [0, 0.1) is 5.82 Å². The molecule has 0 amide bonds. The summed E-state index contributed by atoms with van der Waals surface area (Å²) in [5.41, 5.74) is 1.61. The summed E-state index contributed by atoms with van der Waals surface area (Å²) in [5.74, 6) is -1.41. The van der Waals surface area contributed by atoms with Gasteiger partial charge in [0.2, 0.25) is 0 Å². The minimum atomic E-state index is -0.981. The van der Waals surface area contributed by atoms with E-state index >= 15 is 0 Å². The van der Waals surface area contributed by atoms with Crippen LogP contribution in [0.15, 0.2) is 48.5 Å². The van der Waals surface area contributed by atoms with E-state index in [4.69, 9.17) is 5.11 Å². The number of rotatable bonds is 5. The summed E-state index contributed by atoms with van der Waals surface area (Å²) in [6.45, 7) is 0. The smallest absolute Gasteiger partial charge is 0.303 e. The minimum absolute atomic E-state index is 0.0689. The number of aliphatic carboxylic acids is 1. The van der Waals surface area contributed by atoms with Crippen LogP contribution in [0.25, 0.3) is 11.1 Å². The summed E-state index contributed by atoms with van der Waals surface area (Å²) in [6.07, 6.45) is -1.05. The minimum Gasteiger partial charge on any atom is -0.481 e. The van der Waals surface area contributed by atoms with E-state index in [0.717, 1.165) is 5.56 Å². The first-order chi connectivity index (χ1) is 9.58. The Morgan fingerprint density at radius 2 is 1.85 bits per heavy atom. The zero-order chi connectivity index (χ0) is 14.5. The van der Waals surface area contributed by atoms with Crippen molar-refractivity contribution in [2.75, 3.05) is 0 Å². The summed E-state index contributed by atoms with van der Waals surface area (Å²) in [7, 11) is 0. The van der Waals surface area contributed by atoms with E-state index in [9.17, 15) is 14.3 Å². The molecule has 1 atom stereocenters. The third-order valence-corrected chi connectivity index (χ3v) is 3.09. The highest BCUT2D eigenvalue weighted by molar-refractivity contribution is 5.67. The third-order valence-electron chi connectivity index (χ3n) is 3.09. The van der Waals surface area contributed by atoms with Gasteiger partial charge in [-0.1, -0.05) is 42.5 Å². The number of carboxylic acid groups (broad SMARTS) is 1. The van der Waals surface area contributed by atoms with Gasteiger partial charge in [0, 0.05) is 12.0 Å². The van der Waals surface area contributed by atoms with E-state index in [2.05, 4.69) is 0 Å². The Labute approximate surface area is 116 Å². The molecule has 0 spiro atoms. The number of hydrogen-bond acceptors (Lipinski definition) is 2. The molecule has 3 nitrogen and oxygen atoms in total. The SMILES string of the molecule is O=C(O)CCC(O)c1ccc(-c2ccccc2)c(F)c1. The number of carbonyl (C=O) groups is 1. The lowest BCUT2D eigenvalue weighted by Crippen LogP contribution is -2.03. The van der Waals surface area contributed by atoms with Gasteiger partial charge in [0.05, 0.1) is 6.10 Å². The van der Waals surface area contributed by atoms with Gasteiger partial charge in [0.1, 0.15) is 5.82 Å². The molecule has 104 valence electrons. The molecule has 0 saturated heterocycles. The van der Waals surface area contributed by atoms with E-state index in [0.29, 0.717) is 11.1 Å². The van der Waals surface area contributed by atoms with Crippen LogP contribution >= 0.6 is 0 Å². The molecular formula is C16H15FO3. The van der Waals surface area contributed by atoms with Crippen LogP contribution in [0.4, 0.5) is 4.39 Å². The van der Waals surface area contributed by atoms with Crippen molar-refractivity contribution in [3.63, 3.8) is 0 Å². The second-order valence-electron chi connectivity index (χ2n) is 4.55. The average molecular weight is 274 g/mol. The third kappa shape index (κ3) is 3.42. The highest BCUT2D eigenvalue weighted by Crippen LogP contribution is 2.26. The van der Waals surface area contributed by atoms with Crippen LogP contribution in [0.1, 0.15) is 24.5 Å². The summed E-state index contributed by atoms with van der Waals surface area (Å²) < 4.78 is 14.1. The van der Waals surface area contributed by atoms with Crippen molar-refractivity contribution in [2.24, 2.45) is 0 Å². The van der Waals surface area contributed by atoms with Gasteiger partial charge in [-0.15, -0.1) is 0 Å². The van der Waals surface area contributed by atoms with Crippen molar-refractivity contribution in [3.8, 4) is 11.1 Å². The molecule has 4 heteroatoms. The molecule has 2 aromatic rings. The van der Waals surface area contributed by atoms with E-state index in [1.165, 1.54) is 6.07 Å². The lowest BCUT2D eigenvalue weighted by molar-refractivity contribution is -0.137. The fraction of sp³-hybridized carbons (Fsp3) is 0.188. The second kappa shape index (κ2) is 6.30. The lowest BCUT2D eigenvalue weighted by Gasteiger charge is -2.11. The standard InChI is InChI=1S/C16H15FO3/c17-14-10-12(15(18)8-9-16(19)20)6-7-13(14)11-4-2-1-3-5-11/h1-7,10,15,18H,8-9H2,(H,19,20). The maximum atomic E-state index is 14.1. The van der Waals surface area contributed by atoms with Crippen LogP contribution in [-0.4, -0.2) is 16.2 Å². The Balaban J connectivity index is 2.20. The molecule has 0 fully saturated rings. The normalized spacial score (nSPS) is 12.1. The highest BCUT2D eigenvalue weighted by Gasteiger charge is 2.13. The van der Waals surface area contributed by atoms with Gasteiger partial charge in [0.25, 0.3) is 0 Å². The number of aliphatic hydroxyl groups is 1. The van der Waals surface area contributed by atoms with Crippen molar-refractivity contribution < 1.29 is 19.4 Å². The fourth-order valence-electron chi connectivity index (χ4n) is 2.02. The largest absolute Gasteiger partial charge is 0.481 e. The molecule has 20 heavy (non-hydrogen) atoms. The quantitative estimate of drug-likeness (QED) is 0.878. The Morgan fingerprint density at radius 1 is 1.15 bits per heavy atom. The Bertz CT molecular complexity index is 596. The van der Waals surface area contributed by atoms with Gasteiger partial charge >= 0.3 is 5.97 Å². The molecule has 2 aromatic carbocycles. The van der Waals surface area contributed by atoms with Gasteiger partial charge in [-0.05, 0) is 23.6 Å². The molecule has 2 rings (SSSR count). The number of benzene rings is 2. The molecular weight excluding hydrogens is 259 g/mol. The number of halogens is 1. The van der Waals surface area contributed by atoms with Gasteiger partial charge in [-0.2, -0.15) is 0 Å². The number of hydrogen-bond donors (Lipinski definition) is 2. The molecule has 0 bridgehead atoms. The van der Waals surface area contributed by atoms with Gasteiger partial charge in [0.15, 0.2) is 0 Å². The van der Waals surface area contributed by atoms with Crippen molar-refractivity contribution in [2.45, 2.75) is 18.9 Å². The Hall–Kier alpha value is -2.20. The topological polar surface area (TPSA) is 57.5 Å². The number of carboxylic acids is 1. The maximum absolute atomic E-state index is 14.1. The maximum Gasteiger partial charge on any atom is 0.303 e. The first-order valence-electron chi connectivity index (χ1n) is 6.32. The monoisotopic (exact) mass is 274 g/mol. The van der Waals surface area contributed by atoms with Crippen molar-refractivity contribution in [1.29, 1.82) is 0 Å². The van der Waals surface area contributed by atoms with Crippen LogP contribution < -0.4 is 0 Å². The zero-order valence-electron chi connectivity index (χ0n) is 10.8. The zero-order valence-corrected chi connectivity index (χ0v) is 10.8. The van der Waals surface area contributed by atoms with Gasteiger partial charge in [-0.3, -0.25) is 4.79 Å². The van der Waals surface area contributed by atoms with Crippen molar-refractivity contribution in [3.05, 3.63) is 59.9 Å². The molecule has 1 unspecified atom stereocenters. The predicted octanol–water partition coefficient (Wildman–Crippen LogP) is 3.39. The molecule has 0 radical (unpaired) electrons. The molecule has 0 aliphatic heterocycles. The molecule has 2 N–H and O–H groups in total. The van der Waals surface area contributed by atoms with Crippen LogP contribution in [0.2, 0.25) is 0 Å². The van der Waals surface area contributed by atoms with Crippen LogP contribution in [-0.2, 0) is 4.79 Å². The van der Waals surface area contributed by atoms with E-state index < -0.39 is 17.9 Å². The molecule has 0 aliphatic rings. The number of aliphatic hydroxyl groups excluding tert-OH is 1. The first-order valence-corrected chi connectivity index (χ1v) is 6.32. The van der Waals surface area contributed by atoms with Crippen LogP contribution in [0.5, 0.6) is 0 Å². The Morgan fingerprint density at radius 3 is 2.45 bits per heavy atom. The first kappa shape index (κ1) is 14.2. The van der Waals surface area contributed by atoms with E-state index in [1.807, 2.05) is 18.2 Å². The highest BCUT2D eigenvalue weighted by atomic mass is 19.1. The Kier molecular flexibility index (Phi) is 4.48. The summed E-state index contributed by atoms with van der Waals surface area (Å²) in [4.78, 5) is 10.5. The van der Waals surface area contributed by atoms with E-state index in [1.54, 1.807) is 24.3 Å². The van der Waals surface area contributed by atoms with Gasteiger partial charge in [-0.25, -0.2) is 4.39 Å². The predicted molar refractivity (Wildman–Crippen MR) is 73.7 cm³/mol. The van der Waals surface area contributed by atoms with Crippen molar-refractivity contribution >= 4 is 5.97 Å². The second-order valence-corrected chi connectivity index (χ2v) is 4.55.